The number of ether oxygens (including phenoxy) is 3. The minimum atomic E-state index is 0.0756. The van der Waals surface area contributed by atoms with Gasteiger partial charge < -0.3 is 19.9 Å². The maximum Gasteiger partial charge on any atom is 0.164 e. The van der Waals surface area contributed by atoms with Gasteiger partial charge in [0.25, 0.3) is 0 Å². The molecule has 0 bridgehead atoms. The molecule has 0 aliphatic heterocycles. The number of hydrogen-bond acceptors (Lipinski definition) is 4. The minimum absolute atomic E-state index is 0.0756. The molecule has 19 heavy (non-hydrogen) atoms. The molecular weight excluding hydrogens is 242 g/mol. The van der Waals surface area contributed by atoms with Crippen molar-refractivity contribution in [1.82, 2.24) is 0 Å². The van der Waals surface area contributed by atoms with Crippen LogP contribution in [0.4, 0.5) is 0 Å². The number of rotatable bonds is 8. The predicted molar refractivity (Wildman–Crippen MR) is 77.3 cm³/mol. The van der Waals surface area contributed by atoms with Crippen molar-refractivity contribution in [2.75, 3.05) is 19.8 Å². The summed E-state index contributed by atoms with van der Waals surface area (Å²) in [7, 11) is 0. The zero-order valence-electron chi connectivity index (χ0n) is 12.4. The van der Waals surface area contributed by atoms with Gasteiger partial charge >= 0.3 is 0 Å². The Balaban J connectivity index is 3.15. The Morgan fingerprint density at radius 2 is 1.37 bits per heavy atom. The van der Waals surface area contributed by atoms with Gasteiger partial charge in [0.05, 0.1) is 19.8 Å². The molecule has 0 spiro atoms. The van der Waals surface area contributed by atoms with Crippen LogP contribution < -0.4 is 19.9 Å². The molecule has 4 heteroatoms. The van der Waals surface area contributed by atoms with Crippen LogP contribution in [0.3, 0.4) is 0 Å². The van der Waals surface area contributed by atoms with E-state index in [0.717, 1.165) is 29.2 Å². The third-order valence-corrected chi connectivity index (χ3v) is 2.57. The van der Waals surface area contributed by atoms with Crippen molar-refractivity contribution in [2.45, 2.75) is 40.2 Å². The molecule has 1 rings (SSSR count). The van der Waals surface area contributed by atoms with E-state index in [-0.39, 0.29) is 6.04 Å². The topological polar surface area (TPSA) is 53.7 Å². The van der Waals surface area contributed by atoms with Crippen LogP contribution in [-0.4, -0.2) is 25.9 Å². The van der Waals surface area contributed by atoms with E-state index in [1.165, 1.54) is 0 Å². The van der Waals surface area contributed by atoms with Gasteiger partial charge in [-0.05, 0) is 45.7 Å². The second kappa shape index (κ2) is 7.89. The summed E-state index contributed by atoms with van der Waals surface area (Å²) < 4.78 is 16.9. The van der Waals surface area contributed by atoms with E-state index in [1.807, 2.05) is 39.8 Å². The van der Waals surface area contributed by atoms with Crippen LogP contribution in [-0.2, 0) is 6.42 Å². The first-order valence-electron chi connectivity index (χ1n) is 6.93. The molecule has 0 aliphatic rings. The molecule has 1 atom stereocenters. The average Bonchev–Trinajstić information content (AvgIpc) is 2.34. The normalized spacial score (nSPS) is 12.1. The van der Waals surface area contributed by atoms with E-state index in [1.54, 1.807) is 0 Å². The van der Waals surface area contributed by atoms with Crippen LogP contribution in [0.5, 0.6) is 17.2 Å². The molecule has 0 heterocycles. The smallest absolute Gasteiger partial charge is 0.164 e. The Morgan fingerprint density at radius 1 is 0.895 bits per heavy atom. The first-order valence-corrected chi connectivity index (χ1v) is 6.93. The molecule has 0 saturated heterocycles. The zero-order chi connectivity index (χ0) is 14.3. The third-order valence-electron chi connectivity index (χ3n) is 2.57. The molecule has 0 aliphatic carbocycles. The van der Waals surface area contributed by atoms with E-state index >= 15 is 0 Å². The zero-order valence-corrected chi connectivity index (χ0v) is 12.4. The quantitative estimate of drug-likeness (QED) is 0.787. The van der Waals surface area contributed by atoms with Gasteiger partial charge in [-0.15, -0.1) is 0 Å². The molecule has 4 nitrogen and oxygen atoms in total. The predicted octanol–water partition coefficient (Wildman–Crippen LogP) is 2.77. The summed E-state index contributed by atoms with van der Waals surface area (Å²) in [6.07, 6.45) is 0.752. The van der Waals surface area contributed by atoms with Gasteiger partial charge in [0, 0.05) is 12.1 Å². The van der Waals surface area contributed by atoms with E-state index in [2.05, 4.69) is 0 Å². The summed E-state index contributed by atoms with van der Waals surface area (Å²) in [5.74, 6) is 2.30. The van der Waals surface area contributed by atoms with Gasteiger partial charge in [0.1, 0.15) is 5.75 Å². The highest BCUT2D eigenvalue weighted by molar-refractivity contribution is 5.51. The van der Waals surface area contributed by atoms with Gasteiger partial charge in [-0.2, -0.15) is 0 Å². The molecule has 0 unspecified atom stereocenters. The Morgan fingerprint density at radius 3 is 1.84 bits per heavy atom. The van der Waals surface area contributed by atoms with Crippen molar-refractivity contribution in [3.8, 4) is 17.2 Å². The van der Waals surface area contributed by atoms with Gasteiger partial charge in [0.15, 0.2) is 11.5 Å². The summed E-state index contributed by atoms with van der Waals surface area (Å²) in [4.78, 5) is 0. The molecule has 108 valence electrons. The number of nitrogens with two attached hydrogens (primary N) is 1. The summed E-state index contributed by atoms with van der Waals surface area (Å²) >= 11 is 0. The summed E-state index contributed by atoms with van der Waals surface area (Å²) in [5, 5.41) is 0. The summed E-state index contributed by atoms with van der Waals surface area (Å²) in [6, 6.07) is 3.95. The first-order chi connectivity index (χ1) is 9.12. The van der Waals surface area contributed by atoms with E-state index in [4.69, 9.17) is 19.9 Å². The van der Waals surface area contributed by atoms with Crippen molar-refractivity contribution in [3.63, 3.8) is 0 Å². The lowest BCUT2D eigenvalue weighted by atomic mass is 10.1. The van der Waals surface area contributed by atoms with Gasteiger partial charge in [-0.3, -0.25) is 0 Å². The lowest BCUT2D eigenvalue weighted by molar-refractivity contribution is 0.281. The maximum absolute atomic E-state index is 5.88. The fourth-order valence-electron chi connectivity index (χ4n) is 1.92. The summed E-state index contributed by atoms with van der Waals surface area (Å²) in [5.41, 5.74) is 6.94. The second-order valence-electron chi connectivity index (χ2n) is 4.39. The van der Waals surface area contributed by atoms with Gasteiger partial charge in [0.2, 0.25) is 0 Å². The van der Waals surface area contributed by atoms with Crippen LogP contribution in [0.2, 0.25) is 0 Å². The van der Waals surface area contributed by atoms with Crippen LogP contribution >= 0.6 is 0 Å². The first kappa shape index (κ1) is 15.6. The van der Waals surface area contributed by atoms with E-state index in [0.29, 0.717) is 19.8 Å². The van der Waals surface area contributed by atoms with Crippen molar-refractivity contribution in [3.05, 3.63) is 17.7 Å². The average molecular weight is 267 g/mol. The highest BCUT2D eigenvalue weighted by Gasteiger charge is 2.14. The Labute approximate surface area is 115 Å². The van der Waals surface area contributed by atoms with Crippen molar-refractivity contribution >= 4 is 0 Å². The van der Waals surface area contributed by atoms with E-state index in [9.17, 15) is 0 Å². The Kier molecular flexibility index (Phi) is 6.50. The molecule has 0 amide bonds. The third kappa shape index (κ3) is 4.63. The summed E-state index contributed by atoms with van der Waals surface area (Å²) in [6.45, 7) is 9.66. The highest BCUT2D eigenvalue weighted by atomic mass is 16.5. The number of benzene rings is 1. The van der Waals surface area contributed by atoms with Crippen molar-refractivity contribution in [2.24, 2.45) is 5.73 Å². The Hall–Kier alpha value is -1.42. The minimum Gasteiger partial charge on any atom is -0.493 e. The standard InChI is InChI=1S/C15H25NO3/c1-5-17-13-10-15(19-7-3)14(18-6-2)9-12(13)8-11(4)16/h9-11H,5-8,16H2,1-4H3/t11-/m1/s1. The lowest BCUT2D eigenvalue weighted by Gasteiger charge is -2.17. The molecule has 0 saturated carbocycles. The fraction of sp³-hybridized carbons (Fsp3) is 0.600. The largest absolute Gasteiger partial charge is 0.493 e. The molecule has 1 aromatic carbocycles. The van der Waals surface area contributed by atoms with Crippen LogP contribution in [0.15, 0.2) is 12.1 Å². The second-order valence-corrected chi connectivity index (χ2v) is 4.39. The molecule has 1 aromatic rings. The van der Waals surface area contributed by atoms with Gasteiger partial charge in [-0.1, -0.05) is 0 Å². The molecular formula is C15H25NO3. The maximum atomic E-state index is 5.88. The SMILES string of the molecule is CCOc1cc(OCC)c(OCC)cc1C[C@@H](C)N. The van der Waals surface area contributed by atoms with Crippen molar-refractivity contribution < 1.29 is 14.2 Å². The fourth-order valence-corrected chi connectivity index (χ4v) is 1.92. The lowest BCUT2D eigenvalue weighted by Crippen LogP contribution is -2.18. The molecule has 0 fully saturated rings. The monoisotopic (exact) mass is 267 g/mol. The van der Waals surface area contributed by atoms with Crippen molar-refractivity contribution in [1.29, 1.82) is 0 Å². The van der Waals surface area contributed by atoms with E-state index < -0.39 is 0 Å². The van der Waals surface area contributed by atoms with Crippen LogP contribution in [0, 0.1) is 0 Å². The van der Waals surface area contributed by atoms with Crippen LogP contribution in [0.1, 0.15) is 33.3 Å². The molecule has 0 radical (unpaired) electrons. The van der Waals surface area contributed by atoms with Crippen LogP contribution in [0.25, 0.3) is 0 Å². The van der Waals surface area contributed by atoms with Gasteiger partial charge in [-0.25, -0.2) is 0 Å². The highest BCUT2D eigenvalue weighted by Crippen LogP contribution is 2.35. The molecule has 0 aromatic heterocycles. The number of hydrogen-bond donors (Lipinski definition) is 1. The molecule has 2 N–H and O–H groups in total. The Bertz CT molecular complexity index is 391.